The SMILES string of the molecule is N=C(N)c1ccc(Oc2ccc(C(F)(F)F)cc2)cn1. The van der Waals surface area contributed by atoms with Crippen molar-refractivity contribution in [3.05, 3.63) is 53.9 Å². The molecule has 1 aromatic carbocycles. The fourth-order valence-corrected chi connectivity index (χ4v) is 1.45. The van der Waals surface area contributed by atoms with Gasteiger partial charge in [0.25, 0.3) is 0 Å². The van der Waals surface area contributed by atoms with Crippen LogP contribution in [0.4, 0.5) is 13.2 Å². The third kappa shape index (κ3) is 3.25. The third-order valence-electron chi connectivity index (χ3n) is 2.43. The first-order chi connectivity index (χ1) is 9.36. The largest absolute Gasteiger partial charge is 0.456 e. The van der Waals surface area contributed by atoms with Gasteiger partial charge in [0.1, 0.15) is 23.0 Å². The summed E-state index contributed by atoms with van der Waals surface area (Å²) in [6.45, 7) is 0. The number of alkyl halides is 3. The lowest BCUT2D eigenvalue weighted by molar-refractivity contribution is -0.137. The van der Waals surface area contributed by atoms with Crippen molar-refractivity contribution in [1.82, 2.24) is 4.98 Å². The van der Waals surface area contributed by atoms with E-state index in [0.29, 0.717) is 11.4 Å². The van der Waals surface area contributed by atoms with Gasteiger partial charge in [0.05, 0.1) is 11.8 Å². The average molecular weight is 281 g/mol. The van der Waals surface area contributed by atoms with E-state index in [1.165, 1.54) is 30.5 Å². The van der Waals surface area contributed by atoms with Gasteiger partial charge in [-0.1, -0.05) is 0 Å². The number of pyridine rings is 1. The van der Waals surface area contributed by atoms with Crippen LogP contribution in [0.1, 0.15) is 11.3 Å². The molecule has 4 nitrogen and oxygen atoms in total. The number of halogens is 3. The molecule has 1 heterocycles. The molecule has 0 aliphatic heterocycles. The van der Waals surface area contributed by atoms with E-state index >= 15 is 0 Å². The first-order valence-corrected chi connectivity index (χ1v) is 5.52. The van der Waals surface area contributed by atoms with Crippen molar-refractivity contribution in [3.8, 4) is 11.5 Å². The maximum atomic E-state index is 12.4. The highest BCUT2D eigenvalue weighted by molar-refractivity contribution is 5.92. The predicted molar refractivity (Wildman–Crippen MR) is 66.8 cm³/mol. The molecule has 0 unspecified atom stereocenters. The van der Waals surface area contributed by atoms with Gasteiger partial charge in [-0.05, 0) is 36.4 Å². The molecular weight excluding hydrogens is 271 g/mol. The second kappa shape index (κ2) is 5.20. The first-order valence-electron chi connectivity index (χ1n) is 5.52. The summed E-state index contributed by atoms with van der Waals surface area (Å²) in [7, 11) is 0. The van der Waals surface area contributed by atoms with Crippen LogP contribution in [-0.2, 0) is 6.18 Å². The van der Waals surface area contributed by atoms with Crippen molar-refractivity contribution in [3.63, 3.8) is 0 Å². The van der Waals surface area contributed by atoms with Crippen LogP contribution < -0.4 is 10.5 Å². The van der Waals surface area contributed by atoms with Gasteiger partial charge in [0, 0.05) is 0 Å². The van der Waals surface area contributed by atoms with Crippen LogP contribution in [0.5, 0.6) is 11.5 Å². The number of benzene rings is 1. The summed E-state index contributed by atoms with van der Waals surface area (Å²) in [6, 6.07) is 7.34. The van der Waals surface area contributed by atoms with Crippen LogP contribution in [0.2, 0.25) is 0 Å². The molecule has 2 aromatic rings. The fraction of sp³-hybridized carbons (Fsp3) is 0.0769. The quantitative estimate of drug-likeness (QED) is 0.670. The summed E-state index contributed by atoms with van der Waals surface area (Å²) < 4.78 is 42.5. The minimum Gasteiger partial charge on any atom is -0.456 e. The number of amidine groups is 1. The van der Waals surface area contributed by atoms with Gasteiger partial charge in [0.15, 0.2) is 0 Å². The molecule has 20 heavy (non-hydrogen) atoms. The van der Waals surface area contributed by atoms with E-state index in [2.05, 4.69) is 4.98 Å². The maximum absolute atomic E-state index is 12.4. The summed E-state index contributed by atoms with van der Waals surface area (Å²) in [5, 5.41) is 7.18. The van der Waals surface area contributed by atoms with E-state index in [4.69, 9.17) is 15.9 Å². The molecule has 0 bridgehead atoms. The van der Waals surface area contributed by atoms with Crippen LogP contribution in [0.25, 0.3) is 0 Å². The lowest BCUT2D eigenvalue weighted by Crippen LogP contribution is -2.12. The topological polar surface area (TPSA) is 72.0 Å². The van der Waals surface area contributed by atoms with Crippen molar-refractivity contribution in [2.75, 3.05) is 0 Å². The van der Waals surface area contributed by atoms with E-state index in [1.807, 2.05) is 0 Å². The van der Waals surface area contributed by atoms with E-state index in [1.54, 1.807) is 0 Å². The zero-order valence-electron chi connectivity index (χ0n) is 10.1. The van der Waals surface area contributed by atoms with Crippen LogP contribution in [-0.4, -0.2) is 10.8 Å². The standard InChI is InChI=1S/C13H10F3N3O/c14-13(15,16)8-1-3-9(4-2-8)20-10-5-6-11(12(17)18)19-7-10/h1-7H,(H3,17,18). The Labute approximate surface area is 112 Å². The van der Waals surface area contributed by atoms with Crippen molar-refractivity contribution >= 4 is 5.84 Å². The maximum Gasteiger partial charge on any atom is 0.416 e. The number of ether oxygens (including phenoxy) is 1. The Balaban J connectivity index is 2.12. The van der Waals surface area contributed by atoms with Crippen LogP contribution in [0.15, 0.2) is 42.6 Å². The Morgan fingerprint density at radius 1 is 1.05 bits per heavy atom. The lowest BCUT2D eigenvalue weighted by atomic mass is 10.2. The van der Waals surface area contributed by atoms with Crippen molar-refractivity contribution in [1.29, 1.82) is 5.41 Å². The summed E-state index contributed by atoms with van der Waals surface area (Å²) in [6.07, 6.45) is -3.03. The normalized spacial score (nSPS) is 11.2. The minimum atomic E-state index is -4.37. The second-order valence-electron chi connectivity index (χ2n) is 3.92. The van der Waals surface area contributed by atoms with Gasteiger partial charge in [-0.3, -0.25) is 5.41 Å². The highest BCUT2D eigenvalue weighted by atomic mass is 19.4. The molecule has 0 amide bonds. The van der Waals surface area contributed by atoms with E-state index in [9.17, 15) is 13.2 Å². The van der Waals surface area contributed by atoms with Crippen molar-refractivity contribution in [2.24, 2.45) is 5.73 Å². The Morgan fingerprint density at radius 3 is 2.10 bits per heavy atom. The van der Waals surface area contributed by atoms with Gasteiger partial charge in [-0.2, -0.15) is 13.2 Å². The number of nitrogen functional groups attached to an aromatic ring is 1. The number of hydrogen-bond acceptors (Lipinski definition) is 3. The van der Waals surface area contributed by atoms with Gasteiger partial charge in [0.2, 0.25) is 0 Å². The average Bonchev–Trinajstić information content (AvgIpc) is 2.39. The lowest BCUT2D eigenvalue weighted by Gasteiger charge is -2.09. The second-order valence-corrected chi connectivity index (χ2v) is 3.92. The fourth-order valence-electron chi connectivity index (χ4n) is 1.45. The number of hydrogen-bond donors (Lipinski definition) is 2. The molecule has 0 spiro atoms. The molecule has 0 saturated carbocycles. The number of rotatable bonds is 3. The molecular formula is C13H10F3N3O. The van der Waals surface area contributed by atoms with Gasteiger partial charge in [-0.25, -0.2) is 4.98 Å². The van der Waals surface area contributed by atoms with E-state index < -0.39 is 11.7 Å². The first kappa shape index (κ1) is 13.9. The zero-order chi connectivity index (χ0) is 14.8. The predicted octanol–water partition coefficient (Wildman–Crippen LogP) is 3.18. The molecule has 0 aliphatic rings. The van der Waals surface area contributed by atoms with E-state index in [0.717, 1.165) is 12.1 Å². The molecule has 0 saturated heterocycles. The Kier molecular flexibility index (Phi) is 3.60. The van der Waals surface area contributed by atoms with E-state index in [-0.39, 0.29) is 11.6 Å². The molecule has 3 N–H and O–H groups in total. The zero-order valence-corrected chi connectivity index (χ0v) is 10.1. The van der Waals surface area contributed by atoms with Crippen LogP contribution in [0.3, 0.4) is 0 Å². The molecule has 0 atom stereocenters. The molecule has 7 heteroatoms. The Morgan fingerprint density at radius 2 is 1.65 bits per heavy atom. The number of nitrogens with zero attached hydrogens (tertiary/aromatic N) is 1. The summed E-state index contributed by atoms with van der Waals surface area (Å²) in [5.41, 5.74) is 4.80. The monoisotopic (exact) mass is 281 g/mol. The molecule has 2 rings (SSSR count). The highest BCUT2D eigenvalue weighted by Gasteiger charge is 2.30. The third-order valence-corrected chi connectivity index (χ3v) is 2.43. The van der Waals surface area contributed by atoms with Gasteiger partial charge >= 0.3 is 6.18 Å². The Bertz CT molecular complexity index is 606. The van der Waals surface area contributed by atoms with Gasteiger partial charge in [-0.15, -0.1) is 0 Å². The number of nitrogens with one attached hydrogen (secondary N) is 1. The molecule has 104 valence electrons. The van der Waals surface area contributed by atoms with Crippen molar-refractivity contribution < 1.29 is 17.9 Å². The summed E-state index contributed by atoms with van der Waals surface area (Å²) in [4.78, 5) is 3.88. The highest BCUT2D eigenvalue weighted by Crippen LogP contribution is 2.31. The molecule has 0 fully saturated rings. The van der Waals surface area contributed by atoms with Crippen LogP contribution in [0, 0.1) is 5.41 Å². The Hall–Kier alpha value is -2.57. The van der Waals surface area contributed by atoms with Crippen LogP contribution >= 0.6 is 0 Å². The molecule has 1 aromatic heterocycles. The summed E-state index contributed by atoms with van der Waals surface area (Å²) in [5.74, 6) is 0.427. The van der Waals surface area contributed by atoms with Gasteiger partial charge < -0.3 is 10.5 Å². The summed E-state index contributed by atoms with van der Waals surface area (Å²) >= 11 is 0. The molecule has 0 aliphatic carbocycles. The smallest absolute Gasteiger partial charge is 0.416 e. The molecule has 0 radical (unpaired) electrons. The number of nitrogens with two attached hydrogens (primary N) is 1. The number of aromatic nitrogens is 1. The van der Waals surface area contributed by atoms with Crippen molar-refractivity contribution in [2.45, 2.75) is 6.18 Å². The minimum absolute atomic E-state index is 0.175.